The molecule has 1 N–H and O–H groups in total. The van der Waals surface area contributed by atoms with Crippen LogP contribution in [0.25, 0.3) is 0 Å². The van der Waals surface area contributed by atoms with Gasteiger partial charge in [-0.05, 0) is 25.0 Å². The summed E-state index contributed by atoms with van der Waals surface area (Å²) in [5.41, 5.74) is 0. The van der Waals surface area contributed by atoms with E-state index >= 15 is 0 Å². The van der Waals surface area contributed by atoms with Crippen LogP contribution in [0.15, 0.2) is 24.3 Å². The van der Waals surface area contributed by atoms with Gasteiger partial charge in [0.2, 0.25) is 0 Å². The van der Waals surface area contributed by atoms with Crippen LogP contribution in [0.5, 0.6) is 0 Å². The van der Waals surface area contributed by atoms with Crippen molar-refractivity contribution in [2.45, 2.75) is 19.8 Å². The third-order valence-electron chi connectivity index (χ3n) is 1.30. The second kappa shape index (κ2) is 3.99. The number of nitrogens with one attached hydrogen (secondary N) is 1. The monoisotopic (exact) mass is 139 g/mol. The van der Waals surface area contributed by atoms with Gasteiger partial charge in [-0.3, -0.25) is 0 Å². The lowest BCUT2D eigenvalue weighted by Crippen LogP contribution is -2.07. The molecule has 0 aromatic heterocycles. The van der Waals surface area contributed by atoms with Crippen LogP contribution >= 0.6 is 0 Å². The lowest BCUT2D eigenvalue weighted by Gasteiger charge is -1.99. The molecule has 2 nitrogen and oxygen atoms in total. The van der Waals surface area contributed by atoms with Crippen molar-refractivity contribution in [1.82, 2.24) is 5.32 Å². The van der Waals surface area contributed by atoms with Crippen molar-refractivity contribution in [1.29, 1.82) is 0 Å². The SMILES string of the molecule is CCC=COC1=CCCN1. The van der Waals surface area contributed by atoms with E-state index < -0.39 is 0 Å². The van der Waals surface area contributed by atoms with Gasteiger partial charge in [-0.15, -0.1) is 0 Å². The van der Waals surface area contributed by atoms with Crippen LogP contribution in [0.2, 0.25) is 0 Å². The number of hydrogen-bond acceptors (Lipinski definition) is 2. The van der Waals surface area contributed by atoms with E-state index in [-0.39, 0.29) is 0 Å². The zero-order valence-electron chi connectivity index (χ0n) is 6.26. The molecule has 0 unspecified atom stereocenters. The highest BCUT2D eigenvalue weighted by Gasteiger charge is 2.00. The van der Waals surface area contributed by atoms with E-state index in [2.05, 4.69) is 18.3 Å². The van der Waals surface area contributed by atoms with Gasteiger partial charge in [0.05, 0.1) is 6.26 Å². The van der Waals surface area contributed by atoms with Crippen molar-refractivity contribution < 1.29 is 4.74 Å². The van der Waals surface area contributed by atoms with Gasteiger partial charge in [0.1, 0.15) is 0 Å². The second-order valence-electron chi connectivity index (χ2n) is 2.18. The highest BCUT2D eigenvalue weighted by Crippen LogP contribution is 2.02. The van der Waals surface area contributed by atoms with Crippen molar-refractivity contribution >= 4 is 0 Å². The topological polar surface area (TPSA) is 21.3 Å². The van der Waals surface area contributed by atoms with Gasteiger partial charge >= 0.3 is 0 Å². The molecule has 0 spiro atoms. The molecule has 0 aromatic carbocycles. The van der Waals surface area contributed by atoms with Crippen molar-refractivity contribution in [3.8, 4) is 0 Å². The average Bonchev–Trinajstić information content (AvgIpc) is 2.41. The molecule has 0 amide bonds. The molecule has 56 valence electrons. The second-order valence-corrected chi connectivity index (χ2v) is 2.18. The van der Waals surface area contributed by atoms with E-state index in [4.69, 9.17) is 4.74 Å². The summed E-state index contributed by atoms with van der Waals surface area (Å²) in [7, 11) is 0. The lowest BCUT2D eigenvalue weighted by molar-refractivity contribution is 0.324. The van der Waals surface area contributed by atoms with Gasteiger partial charge in [-0.25, -0.2) is 0 Å². The Kier molecular flexibility index (Phi) is 2.87. The van der Waals surface area contributed by atoms with E-state index in [0.717, 1.165) is 25.3 Å². The molecule has 0 bridgehead atoms. The van der Waals surface area contributed by atoms with Crippen molar-refractivity contribution in [3.05, 3.63) is 24.3 Å². The fourth-order valence-corrected chi connectivity index (χ4v) is 0.778. The molecule has 1 heterocycles. The molecule has 0 aliphatic carbocycles. The highest BCUT2D eigenvalue weighted by molar-refractivity contribution is 4.99. The first-order valence-corrected chi connectivity index (χ1v) is 3.69. The summed E-state index contributed by atoms with van der Waals surface area (Å²) in [5.74, 6) is 0.893. The molecular formula is C8H13NO. The Morgan fingerprint density at radius 1 is 1.80 bits per heavy atom. The van der Waals surface area contributed by atoms with Crippen molar-refractivity contribution in [2.24, 2.45) is 0 Å². The number of rotatable bonds is 3. The molecule has 0 atom stereocenters. The molecule has 0 fully saturated rings. The van der Waals surface area contributed by atoms with Gasteiger partial charge in [0.25, 0.3) is 0 Å². The summed E-state index contributed by atoms with van der Waals surface area (Å²) >= 11 is 0. The van der Waals surface area contributed by atoms with Gasteiger partial charge in [0.15, 0.2) is 5.88 Å². The quantitative estimate of drug-likeness (QED) is 0.601. The van der Waals surface area contributed by atoms with Crippen LogP contribution in [0.1, 0.15) is 19.8 Å². The Bertz CT molecular complexity index is 149. The normalized spacial score (nSPS) is 17.1. The van der Waals surface area contributed by atoms with Gasteiger partial charge < -0.3 is 10.1 Å². The predicted octanol–water partition coefficient (Wildman–Crippen LogP) is 1.76. The van der Waals surface area contributed by atoms with Crippen LogP contribution in [0, 0.1) is 0 Å². The van der Waals surface area contributed by atoms with Gasteiger partial charge in [-0.2, -0.15) is 0 Å². The largest absolute Gasteiger partial charge is 0.450 e. The Balaban J connectivity index is 2.18. The maximum absolute atomic E-state index is 5.21. The third kappa shape index (κ3) is 2.13. The summed E-state index contributed by atoms with van der Waals surface area (Å²) in [4.78, 5) is 0. The summed E-state index contributed by atoms with van der Waals surface area (Å²) in [6.45, 7) is 3.09. The van der Waals surface area contributed by atoms with Gasteiger partial charge in [0, 0.05) is 6.54 Å². The molecule has 1 aliphatic heterocycles. The molecule has 1 rings (SSSR count). The Morgan fingerprint density at radius 3 is 3.30 bits per heavy atom. The standard InChI is InChI=1S/C8H13NO/c1-2-3-7-10-8-5-4-6-9-8/h3,5,7,9H,2,4,6H2,1H3. The van der Waals surface area contributed by atoms with E-state index in [1.165, 1.54) is 0 Å². The Hall–Kier alpha value is -0.920. The average molecular weight is 139 g/mol. The molecule has 0 radical (unpaired) electrons. The lowest BCUT2D eigenvalue weighted by atomic mass is 10.5. The summed E-state index contributed by atoms with van der Waals surface area (Å²) < 4.78 is 5.21. The minimum absolute atomic E-state index is 0.893. The fourth-order valence-electron chi connectivity index (χ4n) is 0.778. The van der Waals surface area contributed by atoms with Crippen molar-refractivity contribution in [2.75, 3.05) is 6.54 Å². The molecule has 10 heavy (non-hydrogen) atoms. The number of hydrogen-bond donors (Lipinski definition) is 1. The first kappa shape index (κ1) is 7.19. The maximum atomic E-state index is 5.21. The molecule has 2 heteroatoms. The molecule has 0 saturated heterocycles. The fraction of sp³-hybridized carbons (Fsp3) is 0.500. The minimum atomic E-state index is 0.893. The first-order valence-electron chi connectivity index (χ1n) is 3.69. The maximum Gasteiger partial charge on any atom is 0.188 e. The van der Waals surface area contributed by atoms with E-state index in [9.17, 15) is 0 Å². The Labute approximate surface area is 61.6 Å². The van der Waals surface area contributed by atoms with Crippen LogP contribution in [-0.2, 0) is 4.74 Å². The third-order valence-corrected chi connectivity index (χ3v) is 1.30. The minimum Gasteiger partial charge on any atom is -0.450 e. The highest BCUT2D eigenvalue weighted by atomic mass is 16.5. The van der Waals surface area contributed by atoms with E-state index in [0.29, 0.717) is 0 Å². The van der Waals surface area contributed by atoms with Crippen LogP contribution < -0.4 is 5.32 Å². The smallest absolute Gasteiger partial charge is 0.188 e. The summed E-state index contributed by atoms with van der Waals surface area (Å²) in [6.07, 6.45) is 7.87. The Morgan fingerprint density at radius 2 is 2.70 bits per heavy atom. The zero-order valence-corrected chi connectivity index (χ0v) is 6.26. The molecular weight excluding hydrogens is 126 g/mol. The van der Waals surface area contributed by atoms with Crippen LogP contribution in [0.3, 0.4) is 0 Å². The number of allylic oxidation sites excluding steroid dienone is 1. The number of ether oxygens (including phenoxy) is 1. The zero-order chi connectivity index (χ0) is 7.23. The van der Waals surface area contributed by atoms with Gasteiger partial charge in [-0.1, -0.05) is 6.92 Å². The molecule has 1 aliphatic rings. The van der Waals surface area contributed by atoms with Crippen LogP contribution in [0.4, 0.5) is 0 Å². The summed E-state index contributed by atoms with van der Waals surface area (Å²) in [6, 6.07) is 0. The predicted molar refractivity (Wildman–Crippen MR) is 41.2 cm³/mol. The van der Waals surface area contributed by atoms with E-state index in [1.54, 1.807) is 6.26 Å². The van der Waals surface area contributed by atoms with E-state index in [1.807, 2.05) is 6.08 Å². The summed E-state index contributed by atoms with van der Waals surface area (Å²) in [5, 5.41) is 3.10. The van der Waals surface area contributed by atoms with Crippen LogP contribution in [-0.4, -0.2) is 6.54 Å². The van der Waals surface area contributed by atoms with Crippen molar-refractivity contribution in [3.63, 3.8) is 0 Å². The molecule has 0 saturated carbocycles. The molecule has 0 aromatic rings. The first-order chi connectivity index (χ1) is 4.93.